The number of hydrogen-bond acceptors (Lipinski definition) is 3. The van der Waals surface area contributed by atoms with Gasteiger partial charge in [0.2, 0.25) is 5.78 Å². The van der Waals surface area contributed by atoms with Crippen molar-refractivity contribution in [3.8, 4) is 22.5 Å². The summed E-state index contributed by atoms with van der Waals surface area (Å²) in [4.78, 5) is 12.9. The van der Waals surface area contributed by atoms with Crippen molar-refractivity contribution in [3.63, 3.8) is 0 Å². The third-order valence-electron chi connectivity index (χ3n) is 4.29. The van der Waals surface area contributed by atoms with Crippen molar-refractivity contribution in [1.29, 1.82) is 0 Å². The molecule has 0 radical (unpaired) electrons. The molecule has 0 bridgehead atoms. The number of carbonyl (C=O) groups excluding carboxylic acids is 1. The van der Waals surface area contributed by atoms with Crippen LogP contribution in [0.5, 0.6) is 0 Å². The third-order valence-corrected chi connectivity index (χ3v) is 4.29. The molecule has 4 rings (SSSR count). The summed E-state index contributed by atoms with van der Waals surface area (Å²) < 4.78 is 6.03. The maximum Gasteiger partial charge on any atom is 0.230 e. The monoisotopic (exact) mass is 339 g/mol. The highest BCUT2D eigenvalue weighted by molar-refractivity contribution is 6.13. The lowest BCUT2D eigenvalue weighted by Gasteiger charge is -2.04. The van der Waals surface area contributed by atoms with Crippen LogP contribution in [0.25, 0.3) is 22.5 Å². The Hall–Kier alpha value is -3.59. The van der Waals surface area contributed by atoms with Crippen molar-refractivity contribution in [2.24, 2.45) is 0 Å². The van der Waals surface area contributed by atoms with Crippen LogP contribution in [-0.2, 0) is 0 Å². The maximum atomic E-state index is 12.9. The van der Waals surface area contributed by atoms with E-state index in [-0.39, 0.29) is 11.5 Å². The summed E-state index contributed by atoms with van der Waals surface area (Å²) in [5.74, 6) is 0.560. The van der Waals surface area contributed by atoms with Crippen molar-refractivity contribution in [3.05, 3.63) is 102 Å². The number of nitrogens with two attached hydrogens (primary N) is 1. The summed E-state index contributed by atoms with van der Waals surface area (Å²) in [6.45, 7) is 0. The molecule has 0 fully saturated rings. The van der Waals surface area contributed by atoms with Crippen LogP contribution in [0.1, 0.15) is 16.1 Å². The van der Waals surface area contributed by atoms with Crippen molar-refractivity contribution in [2.45, 2.75) is 0 Å². The summed E-state index contributed by atoms with van der Waals surface area (Å²) in [5.41, 5.74) is 9.85. The molecule has 4 aromatic rings. The fourth-order valence-electron chi connectivity index (χ4n) is 3.02. The van der Waals surface area contributed by atoms with Crippen LogP contribution in [0.2, 0.25) is 0 Å². The number of anilines is 1. The van der Waals surface area contributed by atoms with Gasteiger partial charge in [-0.3, -0.25) is 4.79 Å². The zero-order chi connectivity index (χ0) is 17.9. The molecule has 0 aliphatic carbocycles. The first-order valence-electron chi connectivity index (χ1n) is 8.38. The molecule has 3 heteroatoms. The Bertz CT molecular complexity index is 1040. The van der Waals surface area contributed by atoms with E-state index >= 15 is 0 Å². The molecular weight excluding hydrogens is 322 g/mol. The number of ketones is 1. The predicted octanol–water partition coefficient (Wildman–Crippen LogP) is 5.43. The number of carbonyl (C=O) groups is 1. The zero-order valence-electron chi connectivity index (χ0n) is 14.1. The fraction of sp³-hybridized carbons (Fsp3) is 0. The highest BCUT2D eigenvalue weighted by Crippen LogP contribution is 2.41. The van der Waals surface area contributed by atoms with Crippen LogP contribution < -0.4 is 5.73 Å². The van der Waals surface area contributed by atoms with E-state index < -0.39 is 0 Å². The van der Waals surface area contributed by atoms with Crippen LogP contribution in [0.4, 0.5) is 5.69 Å². The molecule has 1 heterocycles. The zero-order valence-corrected chi connectivity index (χ0v) is 14.1. The van der Waals surface area contributed by atoms with Crippen molar-refractivity contribution < 1.29 is 9.21 Å². The molecule has 26 heavy (non-hydrogen) atoms. The van der Waals surface area contributed by atoms with Crippen LogP contribution in [0.15, 0.2) is 95.4 Å². The second-order valence-electron chi connectivity index (χ2n) is 5.98. The van der Waals surface area contributed by atoms with Gasteiger partial charge < -0.3 is 10.2 Å². The van der Waals surface area contributed by atoms with Crippen molar-refractivity contribution in [1.82, 2.24) is 0 Å². The van der Waals surface area contributed by atoms with E-state index in [0.29, 0.717) is 17.0 Å². The molecule has 1 aromatic heterocycles. The van der Waals surface area contributed by atoms with Gasteiger partial charge in [0.15, 0.2) is 5.76 Å². The maximum absolute atomic E-state index is 12.9. The first kappa shape index (κ1) is 15.9. The highest BCUT2D eigenvalue weighted by atomic mass is 16.4. The predicted molar refractivity (Wildman–Crippen MR) is 104 cm³/mol. The molecule has 3 aromatic carbocycles. The minimum Gasteiger partial charge on any atom is -0.450 e. The van der Waals surface area contributed by atoms with E-state index in [9.17, 15) is 4.79 Å². The molecule has 3 nitrogen and oxygen atoms in total. The van der Waals surface area contributed by atoms with Gasteiger partial charge in [0, 0.05) is 11.1 Å². The quantitative estimate of drug-likeness (QED) is 0.505. The lowest BCUT2D eigenvalue weighted by atomic mass is 9.99. The molecule has 0 spiro atoms. The van der Waals surface area contributed by atoms with Gasteiger partial charge in [0.25, 0.3) is 0 Å². The number of hydrogen-bond donors (Lipinski definition) is 1. The molecule has 0 unspecified atom stereocenters. The first-order chi connectivity index (χ1) is 12.8. The standard InChI is InChI=1S/C23H17NO2/c24-20-19(16-10-4-1-5-11-16)22(18-14-8-3-9-15-18)26-23(20)21(25)17-12-6-2-7-13-17/h1-15H,24H2. The Kier molecular flexibility index (Phi) is 4.12. The topological polar surface area (TPSA) is 56.2 Å². The summed E-state index contributed by atoms with van der Waals surface area (Å²) in [7, 11) is 0. The Labute approximate surface area is 151 Å². The van der Waals surface area contributed by atoms with E-state index in [0.717, 1.165) is 16.7 Å². The SMILES string of the molecule is Nc1c(C(=O)c2ccccc2)oc(-c2ccccc2)c1-c1ccccc1. The Morgan fingerprint density at radius 1 is 0.692 bits per heavy atom. The summed E-state index contributed by atoms with van der Waals surface area (Å²) in [5, 5.41) is 0. The van der Waals surface area contributed by atoms with Gasteiger partial charge >= 0.3 is 0 Å². The summed E-state index contributed by atoms with van der Waals surface area (Å²) in [6.07, 6.45) is 0. The van der Waals surface area contributed by atoms with Crippen LogP contribution in [-0.4, -0.2) is 5.78 Å². The van der Waals surface area contributed by atoms with Gasteiger partial charge in [0.1, 0.15) is 5.76 Å². The molecule has 0 aliphatic heterocycles. The van der Waals surface area contributed by atoms with Crippen molar-refractivity contribution in [2.75, 3.05) is 5.73 Å². The molecule has 2 N–H and O–H groups in total. The summed E-state index contributed by atoms with van der Waals surface area (Å²) >= 11 is 0. The molecule has 0 amide bonds. The number of rotatable bonds is 4. The lowest BCUT2D eigenvalue weighted by Crippen LogP contribution is -2.03. The first-order valence-corrected chi connectivity index (χ1v) is 8.38. The van der Waals surface area contributed by atoms with E-state index in [4.69, 9.17) is 10.2 Å². The van der Waals surface area contributed by atoms with Crippen LogP contribution in [0.3, 0.4) is 0 Å². The molecule has 0 saturated heterocycles. The summed E-state index contributed by atoms with van der Waals surface area (Å²) in [6, 6.07) is 28.5. The molecule has 0 saturated carbocycles. The minimum absolute atomic E-state index is 0.175. The van der Waals surface area contributed by atoms with Gasteiger partial charge in [-0.2, -0.15) is 0 Å². The second kappa shape index (κ2) is 6.73. The smallest absolute Gasteiger partial charge is 0.230 e. The van der Waals surface area contributed by atoms with Gasteiger partial charge in [-0.25, -0.2) is 0 Å². The molecule has 0 atom stereocenters. The lowest BCUT2D eigenvalue weighted by molar-refractivity contribution is 0.101. The molecular formula is C23H17NO2. The van der Waals surface area contributed by atoms with E-state index in [2.05, 4.69) is 0 Å². The minimum atomic E-state index is -0.220. The van der Waals surface area contributed by atoms with Gasteiger partial charge in [0.05, 0.1) is 11.3 Å². The van der Waals surface area contributed by atoms with Gasteiger partial charge in [-0.1, -0.05) is 91.0 Å². The third kappa shape index (κ3) is 2.80. The molecule has 0 aliphatic rings. The Morgan fingerprint density at radius 2 is 1.19 bits per heavy atom. The van der Waals surface area contributed by atoms with Gasteiger partial charge in [-0.05, 0) is 5.56 Å². The Morgan fingerprint density at radius 3 is 1.77 bits per heavy atom. The van der Waals surface area contributed by atoms with E-state index in [1.54, 1.807) is 12.1 Å². The number of benzene rings is 3. The van der Waals surface area contributed by atoms with Gasteiger partial charge in [-0.15, -0.1) is 0 Å². The average Bonchev–Trinajstić information content (AvgIpc) is 3.06. The van der Waals surface area contributed by atoms with E-state index in [1.807, 2.05) is 78.9 Å². The normalized spacial score (nSPS) is 10.6. The fourth-order valence-corrected chi connectivity index (χ4v) is 3.02. The number of nitrogen functional groups attached to an aromatic ring is 1. The largest absolute Gasteiger partial charge is 0.450 e. The van der Waals surface area contributed by atoms with Crippen LogP contribution in [0, 0.1) is 0 Å². The average molecular weight is 339 g/mol. The second-order valence-corrected chi connectivity index (χ2v) is 5.98. The Balaban J connectivity index is 1.93. The number of furan rings is 1. The van der Waals surface area contributed by atoms with E-state index in [1.165, 1.54) is 0 Å². The highest BCUT2D eigenvalue weighted by Gasteiger charge is 2.25. The molecule has 126 valence electrons. The van der Waals surface area contributed by atoms with Crippen molar-refractivity contribution >= 4 is 11.5 Å². The van der Waals surface area contributed by atoms with Crippen LogP contribution >= 0.6 is 0 Å².